The van der Waals surface area contributed by atoms with Crippen molar-refractivity contribution >= 4 is 0 Å². The summed E-state index contributed by atoms with van der Waals surface area (Å²) in [6, 6.07) is 0. The molecular weight excluding hydrogens is 276 g/mol. The first-order chi connectivity index (χ1) is 11.1. The molecule has 0 heterocycles. The Labute approximate surface area is 144 Å². The van der Waals surface area contributed by atoms with E-state index in [0.29, 0.717) is 12.8 Å². The van der Waals surface area contributed by atoms with Crippen molar-refractivity contribution in [1.82, 2.24) is 0 Å². The third kappa shape index (κ3) is 6.20. The summed E-state index contributed by atoms with van der Waals surface area (Å²) in [6.07, 6.45) is 12.3. The number of hydrogen-bond donors (Lipinski definition) is 0. The Morgan fingerprint density at radius 2 is 1.48 bits per heavy atom. The van der Waals surface area contributed by atoms with Gasteiger partial charge in [-0.1, -0.05) is 38.5 Å². The smallest absolute Gasteiger partial charge is 0.107 e. The molecule has 0 aromatic rings. The molecule has 0 rings (SSSR count). The molecular formula is C23H27. The van der Waals surface area contributed by atoms with Gasteiger partial charge in [0.2, 0.25) is 0 Å². The van der Waals surface area contributed by atoms with Gasteiger partial charge in [0.25, 0.3) is 0 Å². The average Bonchev–Trinajstić information content (AvgIpc) is 2.57. The fraction of sp³-hybridized carbons (Fsp3) is 0.565. The second kappa shape index (κ2) is 11.4. The summed E-state index contributed by atoms with van der Waals surface area (Å²) in [6.45, 7) is 9.94. The highest BCUT2D eigenvalue weighted by Crippen LogP contribution is 2.43. The number of rotatable bonds is 4. The van der Waals surface area contributed by atoms with Gasteiger partial charge in [-0.3, -0.25) is 0 Å². The van der Waals surface area contributed by atoms with E-state index in [1.165, 1.54) is 0 Å². The standard InChI is InChI=1S/C23H27/c1-7-12-16-18-22(6,11-5)23(19-14-9-3,20-15-10-4)21-17-13-8-2/h7-9,13,18,20H2,1-4,6H3. The van der Waals surface area contributed by atoms with Gasteiger partial charge < -0.3 is 0 Å². The van der Waals surface area contributed by atoms with Crippen LogP contribution >= 0.6 is 0 Å². The summed E-state index contributed by atoms with van der Waals surface area (Å²) in [5.41, 5.74) is -1.34. The Morgan fingerprint density at radius 3 is 2.00 bits per heavy atom. The normalized spacial score (nSPS) is 13.7. The fourth-order valence-corrected chi connectivity index (χ4v) is 2.06. The van der Waals surface area contributed by atoms with Crippen LogP contribution in [0.1, 0.15) is 73.1 Å². The van der Waals surface area contributed by atoms with E-state index in [2.05, 4.69) is 60.2 Å². The first kappa shape index (κ1) is 20.8. The van der Waals surface area contributed by atoms with E-state index in [1.54, 1.807) is 0 Å². The highest BCUT2D eigenvalue weighted by Gasteiger charge is 2.44. The maximum atomic E-state index is 7.90. The minimum atomic E-state index is -0.689. The SMILES string of the molecule is [C]#CC(C)(CC#CCC)C(C#CCC)(C#CCCC)CC#CC. The van der Waals surface area contributed by atoms with E-state index in [9.17, 15) is 0 Å². The molecule has 0 saturated carbocycles. The van der Waals surface area contributed by atoms with Crippen molar-refractivity contribution in [3.63, 3.8) is 0 Å². The summed E-state index contributed by atoms with van der Waals surface area (Å²) in [5.74, 6) is 28.1. The Morgan fingerprint density at radius 1 is 0.826 bits per heavy atom. The van der Waals surface area contributed by atoms with Gasteiger partial charge in [0.15, 0.2) is 0 Å². The molecule has 0 heteroatoms. The lowest BCUT2D eigenvalue weighted by Gasteiger charge is -2.36. The molecule has 0 amide bonds. The van der Waals surface area contributed by atoms with Crippen LogP contribution in [0.2, 0.25) is 0 Å². The largest absolute Gasteiger partial charge is 0.120 e. The lowest BCUT2D eigenvalue weighted by molar-refractivity contribution is 0.268. The van der Waals surface area contributed by atoms with Gasteiger partial charge in [0, 0.05) is 32.1 Å². The molecule has 119 valence electrons. The van der Waals surface area contributed by atoms with Crippen LogP contribution in [0.4, 0.5) is 0 Å². The van der Waals surface area contributed by atoms with E-state index < -0.39 is 10.8 Å². The van der Waals surface area contributed by atoms with E-state index in [0.717, 1.165) is 25.7 Å². The minimum Gasteiger partial charge on any atom is -0.107 e. The maximum absolute atomic E-state index is 7.90. The molecule has 0 aliphatic rings. The summed E-state index contributed by atoms with van der Waals surface area (Å²) in [7, 11) is 0. The van der Waals surface area contributed by atoms with Crippen LogP contribution in [0.25, 0.3) is 0 Å². The molecule has 0 nitrogen and oxygen atoms in total. The molecule has 0 spiro atoms. The van der Waals surface area contributed by atoms with Crippen molar-refractivity contribution in [3.8, 4) is 53.3 Å². The van der Waals surface area contributed by atoms with Crippen molar-refractivity contribution < 1.29 is 0 Å². The molecule has 0 bridgehead atoms. The lowest BCUT2D eigenvalue weighted by atomic mass is 9.62. The van der Waals surface area contributed by atoms with Gasteiger partial charge in [0.05, 0.1) is 5.41 Å². The second-order valence-corrected chi connectivity index (χ2v) is 5.56. The van der Waals surface area contributed by atoms with E-state index in [-0.39, 0.29) is 0 Å². The van der Waals surface area contributed by atoms with Crippen LogP contribution in [-0.4, -0.2) is 0 Å². The van der Waals surface area contributed by atoms with Gasteiger partial charge in [-0.25, -0.2) is 0 Å². The Hall–Kier alpha value is -2.20. The lowest BCUT2D eigenvalue weighted by Crippen LogP contribution is -2.37. The van der Waals surface area contributed by atoms with Crippen LogP contribution in [-0.2, 0) is 0 Å². The van der Waals surface area contributed by atoms with Crippen LogP contribution in [0.15, 0.2) is 0 Å². The van der Waals surface area contributed by atoms with Gasteiger partial charge >= 0.3 is 0 Å². The third-order valence-corrected chi connectivity index (χ3v) is 3.65. The zero-order valence-corrected chi connectivity index (χ0v) is 15.2. The average molecular weight is 303 g/mol. The highest BCUT2D eigenvalue weighted by molar-refractivity contribution is 5.38. The molecule has 0 saturated heterocycles. The molecule has 1 radical (unpaired) electrons. The predicted octanol–water partition coefficient (Wildman–Crippen LogP) is 5.00. The molecule has 23 heavy (non-hydrogen) atoms. The minimum absolute atomic E-state index is 0.517. The quantitative estimate of drug-likeness (QED) is 0.641. The van der Waals surface area contributed by atoms with Crippen molar-refractivity contribution in [2.45, 2.75) is 73.1 Å². The number of unbranched alkanes of at least 4 members (excludes halogenated alkanes) is 1. The van der Waals surface area contributed by atoms with Crippen LogP contribution in [0.3, 0.4) is 0 Å². The summed E-state index contributed by atoms with van der Waals surface area (Å²) >= 11 is 0. The van der Waals surface area contributed by atoms with Gasteiger partial charge in [0.1, 0.15) is 5.41 Å². The molecule has 0 aliphatic carbocycles. The maximum Gasteiger partial charge on any atom is 0.120 e. The first-order valence-corrected chi connectivity index (χ1v) is 8.35. The third-order valence-electron chi connectivity index (χ3n) is 3.65. The van der Waals surface area contributed by atoms with Gasteiger partial charge in [-0.2, -0.15) is 0 Å². The van der Waals surface area contributed by atoms with Crippen LogP contribution in [0.5, 0.6) is 0 Å². The topological polar surface area (TPSA) is 0 Å². The highest BCUT2D eigenvalue weighted by atomic mass is 14.4. The molecule has 0 aromatic heterocycles. The molecule has 0 aromatic carbocycles. The molecule has 0 N–H and O–H groups in total. The van der Waals surface area contributed by atoms with Crippen molar-refractivity contribution in [2.75, 3.05) is 0 Å². The van der Waals surface area contributed by atoms with E-state index in [4.69, 9.17) is 6.42 Å². The molecule has 2 unspecified atom stereocenters. The summed E-state index contributed by atoms with van der Waals surface area (Å²) < 4.78 is 0. The Balaban J connectivity index is 6.15. The fourth-order valence-electron chi connectivity index (χ4n) is 2.06. The van der Waals surface area contributed by atoms with E-state index >= 15 is 0 Å². The summed E-state index contributed by atoms with van der Waals surface area (Å²) in [4.78, 5) is 0. The van der Waals surface area contributed by atoms with E-state index in [1.807, 2.05) is 27.7 Å². The summed E-state index contributed by atoms with van der Waals surface area (Å²) in [5, 5.41) is 0. The van der Waals surface area contributed by atoms with Gasteiger partial charge in [-0.05, 0) is 26.7 Å². The first-order valence-electron chi connectivity index (χ1n) is 8.35. The van der Waals surface area contributed by atoms with Crippen molar-refractivity contribution in [1.29, 1.82) is 0 Å². The Kier molecular flexibility index (Phi) is 10.3. The molecule has 0 aliphatic heterocycles. The zero-order chi connectivity index (χ0) is 17.6. The van der Waals surface area contributed by atoms with Crippen molar-refractivity contribution in [2.24, 2.45) is 10.8 Å². The van der Waals surface area contributed by atoms with Crippen LogP contribution < -0.4 is 0 Å². The number of hydrogen-bond acceptors (Lipinski definition) is 0. The zero-order valence-electron chi connectivity index (χ0n) is 15.2. The second-order valence-electron chi connectivity index (χ2n) is 5.56. The Bertz CT molecular complexity index is 642. The van der Waals surface area contributed by atoms with Crippen LogP contribution in [0, 0.1) is 70.5 Å². The molecule has 2 atom stereocenters. The monoisotopic (exact) mass is 303 g/mol. The van der Waals surface area contributed by atoms with Crippen molar-refractivity contribution in [3.05, 3.63) is 6.42 Å². The molecule has 0 fully saturated rings. The predicted molar refractivity (Wildman–Crippen MR) is 99.2 cm³/mol. The van der Waals surface area contributed by atoms with Gasteiger partial charge in [-0.15, -0.1) is 35.5 Å².